The maximum atomic E-state index is 11.9. The van der Waals surface area contributed by atoms with E-state index in [1.54, 1.807) is 24.3 Å². The monoisotopic (exact) mass is 285 g/mol. The molecule has 2 heterocycles. The molecule has 0 amide bonds. The molecule has 1 aromatic carbocycles. The van der Waals surface area contributed by atoms with E-state index >= 15 is 0 Å². The number of nitrogens with zero attached hydrogens (tertiary/aromatic N) is 2. The molecule has 2 aromatic heterocycles. The maximum absolute atomic E-state index is 11.9. The number of aromatic hydroxyl groups is 1. The first kappa shape index (κ1) is 12.7. The Hall–Kier alpha value is -3.29. The first-order chi connectivity index (χ1) is 10.1. The van der Waals surface area contributed by atoms with E-state index in [1.165, 1.54) is 10.8 Å². The molecule has 0 unspecified atom stereocenters. The van der Waals surface area contributed by atoms with Crippen LogP contribution in [0.3, 0.4) is 0 Å². The minimum absolute atomic E-state index is 0.179. The molecule has 0 spiro atoms. The van der Waals surface area contributed by atoms with E-state index in [1.807, 2.05) is 0 Å². The van der Waals surface area contributed by atoms with Crippen molar-refractivity contribution >= 4 is 5.69 Å². The summed E-state index contributed by atoms with van der Waals surface area (Å²) in [4.78, 5) is 25.5. The molecular formula is C13H11N5O3. The molecule has 0 atom stereocenters. The molecule has 21 heavy (non-hydrogen) atoms. The zero-order chi connectivity index (χ0) is 15.0. The molecule has 5 N–H and O–H groups in total. The number of nitrogens with one attached hydrogen (secondary N) is 2. The zero-order valence-corrected chi connectivity index (χ0v) is 10.7. The van der Waals surface area contributed by atoms with Gasteiger partial charge in [-0.2, -0.15) is 5.10 Å². The first-order valence-corrected chi connectivity index (χ1v) is 6.01. The van der Waals surface area contributed by atoms with E-state index in [0.29, 0.717) is 11.4 Å². The Morgan fingerprint density at radius 3 is 2.57 bits per heavy atom. The van der Waals surface area contributed by atoms with Gasteiger partial charge in [0.15, 0.2) is 5.82 Å². The molecule has 0 aliphatic carbocycles. The second-order valence-corrected chi connectivity index (χ2v) is 4.38. The van der Waals surface area contributed by atoms with E-state index in [4.69, 9.17) is 5.73 Å². The van der Waals surface area contributed by atoms with Crippen LogP contribution in [0, 0.1) is 0 Å². The average molecular weight is 285 g/mol. The fourth-order valence-corrected chi connectivity index (χ4v) is 1.98. The van der Waals surface area contributed by atoms with Crippen LogP contribution in [-0.2, 0) is 0 Å². The largest absolute Gasteiger partial charge is 0.507 e. The van der Waals surface area contributed by atoms with Gasteiger partial charge in [0.25, 0.3) is 5.56 Å². The normalized spacial score (nSPS) is 10.7. The van der Waals surface area contributed by atoms with Crippen molar-refractivity contribution in [2.75, 3.05) is 5.73 Å². The van der Waals surface area contributed by atoms with Crippen LogP contribution >= 0.6 is 0 Å². The minimum Gasteiger partial charge on any atom is -0.507 e. The summed E-state index contributed by atoms with van der Waals surface area (Å²) in [5, 5.41) is 16.1. The van der Waals surface area contributed by atoms with E-state index in [2.05, 4.69) is 15.2 Å². The lowest BCUT2D eigenvalue weighted by Gasteiger charge is -2.07. The summed E-state index contributed by atoms with van der Waals surface area (Å²) < 4.78 is 1.27. The van der Waals surface area contributed by atoms with Gasteiger partial charge in [-0.3, -0.25) is 4.79 Å². The highest BCUT2D eigenvalue weighted by Crippen LogP contribution is 2.25. The van der Waals surface area contributed by atoms with Gasteiger partial charge in [-0.15, -0.1) is 0 Å². The predicted octanol–water partition coefficient (Wildman–Crippen LogP) is 0.204. The summed E-state index contributed by atoms with van der Waals surface area (Å²) in [5.74, 6) is -0.0898. The summed E-state index contributed by atoms with van der Waals surface area (Å²) in [6.45, 7) is 0. The van der Waals surface area contributed by atoms with Gasteiger partial charge in [0.05, 0.1) is 11.3 Å². The summed E-state index contributed by atoms with van der Waals surface area (Å²) in [6.07, 6.45) is 1.29. The third-order valence-electron chi connectivity index (χ3n) is 2.97. The van der Waals surface area contributed by atoms with Crippen molar-refractivity contribution in [1.29, 1.82) is 0 Å². The molecule has 0 radical (unpaired) electrons. The van der Waals surface area contributed by atoms with Gasteiger partial charge < -0.3 is 15.8 Å². The van der Waals surface area contributed by atoms with Gasteiger partial charge in [0.1, 0.15) is 5.75 Å². The third kappa shape index (κ3) is 2.18. The highest BCUT2D eigenvalue weighted by molar-refractivity contribution is 5.64. The number of nitrogen functional groups attached to an aromatic ring is 1. The topological polar surface area (TPSA) is 130 Å². The fourth-order valence-electron chi connectivity index (χ4n) is 1.98. The third-order valence-corrected chi connectivity index (χ3v) is 2.97. The second-order valence-electron chi connectivity index (χ2n) is 4.38. The molecule has 3 rings (SSSR count). The molecule has 0 saturated heterocycles. The van der Waals surface area contributed by atoms with E-state index < -0.39 is 11.2 Å². The fraction of sp³-hybridized carbons (Fsp3) is 0. The van der Waals surface area contributed by atoms with Crippen molar-refractivity contribution < 1.29 is 5.11 Å². The Bertz CT molecular complexity index is 905. The minimum atomic E-state index is -0.472. The zero-order valence-electron chi connectivity index (χ0n) is 10.7. The van der Waals surface area contributed by atoms with Crippen LogP contribution in [0.5, 0.6) is 5.75 Å². The number of aromatic nitrogens is 4. The number of aromatic amines is 2. The van der Waals surface area contributed by atoms with Crippen molar-refractivity contribution in [2.45, 2.75) is 0 Å². The number of rotatable bonds is 2. The van der Waals surface area contributed by atoms with Gasteiger partial charge in [-0.05, 0) is 24.3 Å². The number of hydrogen-bond acceptors (Lipinski definition) is 5. The molecule has 106 valence electrons. The van der Waals surface area contributed by atoms with Crippen molar-refractivity contribution in [3.63, 3.8) is 0 Å². The van der Waals surface area contributed by atoms with Crippen molar-refractivity contribution in [3.05, 3.63) is 57.4 Å². The summed E-state index contributed by atoms with van der Waals surface area (Å²) in [7, 11) is 0. The summed E-state index contributed by atoms with van der Waals surface area (Å²) >= 11 is 0. The molecule has 0 bridgehead atoms. The highest BCUT2D eigenvalue weighted by Gasteiger charge is 2.16. The first-order valence-electron chi connectivity index (χ1n) is 6.01. The van der Waals surface area contributed by atoms with Gasteiger partial charge in [0, 0.05) is 18.0 Å². The number of anilines is 1. The smallest absolute Gasteiger partial charge is 0.348 e. The standard InChI is InChI=1S/C13H11N5O3/c14-7-1-3-8(4-2-7)18-12(16-17-13(18)21)9-6-15-11(20)5-10(9)19/h1-6H,14H2,(H,17,21)(H2,15,19,20). The lowest BCUT2D eigenvalue weighted by atomic mass is 10.2. The van der Waals surface area contributed by atoms with Crippen LogP contribution in [0.15, 0.2) is 46.1 Å². The molecule has 3 aromatic rings. The number of hydrogen-bond donors (Lipinski definition) is 4. The lowest BCUT2D eigenvalue weighted by Crippen LogP contribution is -2.16. The maximum Gasteiger partial charge on any atom is 0.348 e. The second kappa shape index (κ2) is 4.67. The molecule has 0 fully saturated rings. The van der Waals surface area contributed by atoms with Crippen LogP contribution in [0.1, 0.15) is 0 Å². The number of benzene rings is 1. The number of pyridine rings is 1. The van der Waals surface area contributed by atoms with E-state index in [-0.39, 0.29) is 17.1 Å². The van der Waals surface area contributed by atoms with Crippen LogP contribution in [0.2, 0.25) is 0 Å². The Kier molecular flexibility index (Phi) is 2.83. The van der Waals surface area contributed by atoms with Crippen LogP contribution < -0.4 is 17.0 Å². The van der Waals surface area contributed by atoms with Crippen molar-refractivity contribution in [2.24, 2.45) is 0 Å². The average Bonchev–Trinajstić information content (AvgIpc) is 2.82. The lowest BCUT2D eigenvalue weighted by molar-refractivity contribution is 0.475. The van der Waals surface area contributed by atoms with Gasteiger partial charge >= 0.3 is 5.69 Å². The summed E-state index contributed by atoms with van der Waals surface area (Å²) in [5.41, 5.74) is 6.01. The van der Waals surface area contributed by atoms with E-state index in [9.17, 15) is 14.7 Å². The Morgan fingerprint density at radius 2 is 1.90 bits per heavy atom. The number of nitrogens with two attached hydrogens (primary N) is 1. The Balaban J connectivity index is 2.24. The molecule has 0 aliphatic heterocycles. The molecule has 8 nitrogen and oxygen atoms in total. The highest BCUT2D eigenvalue weighted by atomic mass is 16.3. The van der Waals surface area contributed by atoms with Crippen LogP contribution in [0.25, 0.3) is 17.1 Å². The molecule has 8 heteroatoms. The van der Waals surface area contributed by atoms with Gasteiger partial charge in [-0.1, -0.05) is 0 Å². The Labute approximate surface area is 117 Å². The quantitative estimate of drug-likeness (QED) is 0.500. The molecule has 0 aliphatic rings. The SMILES string of the molecule is Nc1ccc(-n2c(-c3c[nH]c(=O)cc3O)n[nH]c2=O)cc1. The Morgan fingerprint density at radius 1 is 1.19 bits per heavy atom. The predicted molar refractivity (Wildman–Crippen MR) is 76.3 cm³/mol. The van der Waals surface area contributed by atoms with E-state index in [0.717, 1.165) is 6.07 Å². The number of H-pyrrole nitrogens is 2. The van der Waals surface area contributed by atoms with Crippen molar-refractivity contribution in [3.8, 4) is 22.8 Å². The molecular weight excluding hydrogens is 274 g/mol. The van der Waals surface area contributed by atoms with Crippen LogP contribution in [-0.4, -0.2) is 24.9 Å². The van der Waals surface area contributed by atoms with Gasteiger partial charge in [0.2, 0.25) is 0 Å². The molecule has 0 saturated carbocycles. The summed E-state index contributed by atoms with van der Waals surface area (Å²) in [6, 6.07) is 7.61. The van der Waals surface area contributed by atoms with Crippen LogP contribution in [0.4, 0.5) is 5.69 Å². The van der Waals surface area contributed by atoms with Gasteiger partial charge in [-0.25, -0.2) is 14.5 Å². The van der Waals surface area contributed by atoms with Crippen molar-refractivity contribution in [1.82, 2.24) is 19.7 Å².